The van der Waals surface area contributed by atoms with E-state index in [1.54, 1.807) is 11.1 Å². The maximum atomic E-state index is 2.65. The largest absolute Gasteiger partial charge is 0.338 e. The molecule has 23 heavy (non-hydrogen) atoms. The minimum Gasteiger partial charge on any atom is -0.326 e. The number of likely N-dealkylation sites (N-methyl/N-ethyl adjacent to an activating group) is 2. The molecule has 0 aromatic heterocycles. The van der Waals surface area contributed by atoms with E-state index in [0.717, 1.165) is 0 Å². The highest BCUT2D eigenvalue weighted by Gasteiger charge is 2.31. The van der Waals surface area contributed by atoms with Gasteiger partial charge in [-0.05, 0) is 33.4 Å². The zero-order valence-corrected chi connectivity index (χ0v) is 16.0. The van der Waals surface area contributed by atoms with Gasteiger partial charge in [-0.1, -0.05) is 71.4 Å². The highest BCUT2D eigenvalue weighted by molar-refractivity contribution is 6.94. The van der Waals surface area contributed by atoms with Crippen molar-refractivity contribution in [1.29, 1.82) is 0 Å². The van der Waals surface area contributed by atoms with Gasteiger partial charge in [0, 0.05) is 13.1 Å². The second-order valence-corrected chi connectivity index (χ2v) is 12.0. The molecule has 2 nitrogen and oxygen atoms in total. The van der Waals surface area contributed by atoms with E-state index < -0.39 is 8.07 Å². The second-order valence-electron chi connectivity index (χ2n) is 7.68. The summed E-state index contributed by atoms with van der Waals surface area (Å²) < 4.78 is 0. The Morgan fingerprint density at radius 2 is 1.57 bits per heavy atom. The lowest BCUT2D eigenvalue weighted by atomic mass is 9.72. The molecule has 0 unspecified atom stereocenters. The predicted molar refractivity (Wildman–Crippen MR) is 105 cm³/mol. The molecule has 0 radical (unpaired) electrons. The summed E-state index contributed by atoms with van der Waals surface area (Å²) in [5.41, 5.74) is 5.88. The molecule has 122 valence electrons. The van der Waals surface area contributed by atoms with E-state index in [1.165, 1.54) is 37.5 Å². The lowest BCUT2D eigenvalue weighted by molar-refractivity contribution is 0.553. The molecule has 1 saturated carbocycles. The molecule has 0 atom stereocenters. The van der Waals surface area contributed by atoms with Gasteiger partial charge in [-0.2, -0.15) is 0 Å². The van der Waals surface area contributed by atoms with Gasteiger partial charge in [0.05, 0.1) is 0 Å². The van der Waals surface area contributed by atoms with Crippen molar-refractivity contribution >= 4 is 20.2 Å². The van der Waals surface area contributed by atoms with E-state index in [9.17, 15) is 0 Å². The van der Waals surface area contributed by atoms with Crippen molar-refractivity contribution in [3.05, 3.63) is 53.2 Å². The SMILES string of the molecule is CN1CCN(C)B1/C=C1\CCC\C1=C\[Si](C)(C)c1ccccc1. The molecule has 2 fully saturated rings. The fraction of sp³-hybridized carbons (Fsp3) is 0.474. The van der Waals surface area contributed by atoms with Crippen molar-refractivity contribution in [2.45, 2.75) is 32.4 Å². The zero-order chi connectivity index (χ0) is 16.4. The van der Waals surface area contributed by atoms with Crippen LogP contribution in [0.2, 0.25) is 13.1 Å². The van der Waals surface area contributed by atoms with Gasteiger partial charge < -0.3 is 9.62 Å². The summed E-state index contributed by atoms with van der Waals surface area (Å²) in [5, 5.41) is 1.54. The fourth-order valence-corrected chi connectivity index (χ4v) is 6.30. The monoisotopic (exact) mass is 324 g/mol. The molecule has 3 rings (SSSR count). The van der Waals surface area contributed by atoms with Gasteiger partial charge in [0.25, 0.3) is 0 Å². The maximum absolute atomic E-state index is 2.65. The molecule has 1 aliphatic carbocycles. The Balaban J connectivity index is 1.86. The first-order valence-corrected chi connectivity index (χ1v) is 11.9. The van der Waals surface area contributed by atoms with E-state index in [0.29, 0.717) is 6.98 Å². The van der Waals surface area contributed by atoms with Crippen LogP contribution in [-0.4, -0.2) is 51.9 Å². The van der Waals surface area contributed by atoms with E-state index >= 15 is 0 Å². The highest BCUT2D eigenvalue weighted by atomic mass is 28.3. The van der Waals surface area contributed by atoms with Gasteiger partial charge in [0.2, 0.25) is 0 Å². The van der Waals surface area contributed by atoms with Gasteiger partial charge in [-0.15, -0.1) is 0 Å². The average Bonchev–Trinajstić information content (AvgIpc) is 3.09. The van der Waals surface area contributed by atoms with Crippen LogP contribution in [0.1, 0.15) is 19.3 Å². The standard InChI is InChI=1S/C19H29BN2Si/c1-21-13-14-22(2)20(21)15-17-9-8-10-18(17)16-23(3,4)19-11-6-5-7-12-19/h5-7,11-12,15-16H,8-10,13-14H2,1-4H3/b17-15+,18-16-. The Morgan fingerprint density at radius 3 is 2.22 bits per heavy atom. The first kappa shape index (κ1) is 16.7. The van der Waals surface area contributed by atoms with E-state index in [1.807, 2.05) is 0 Å². The molecule has 1 aromatic rings. The van der Waals surface area contributed by atoms with Crippen molar-refractivity contribution < 1.29 is 0 Å². The number of hydrogen-bond acceptors (Lipinski definition) is 2. The summed E-state index contributed by atoms with van der Waals surface area (Å²) in [6.07, 6.45) is 3.83. The molecular weight excluding hydrogens is 295 g/mol. The topological polar surface area (TPSA) is 6.48 Å². The van der Waals surface area contributed by atoms with Gasteiger partial charge >= 0.3 is 6.98 Å². The molecular formula is C19H29BN2Si. The molecule has 1 aliphatic heterocycles. The number of allylic oxidation sites excluding steroid dienone is 2. The Labute approximate surface area is 143 Å². The molecule has 0 spiro atoms. The van der Waals surface area contributed by atoms with Crippen molar-refractivity contribution in [3.63, 3.8) is 0 Å². The molecule has 2 aliphatic rings. The third kappa shape index (κ3) is 3.70. The Morgan fingerprint density at radius 1 is 0.957 bits per heavy atom. The zero-order valence-electron chi connectivity index (χ0n) is 15.0. The van der Waals surface area contributed by atoms with Crippen LogP contribution in [0, 0.1) is 0 Å². The lowest BCUT2D eigenvalue weighted by Crippen LogP contribution is -2.40. The summed E-state index contributed by atoms with van der Waals surface area (Å²) in [7, 11) is 2.98. The summed E-state index contributed by atoms with van der Waals surface area (Å²) >= 11 is 0. The van der Waals surface area contributed by atoms with Crippen LogP contribution >= 0.6 is 0 Å². The fourth-order valence-electron chi connectivity index (χ4n) is 3.88. The Bertz CT molecular complexity index is 599. The van der Waals surface area contributed by atoms with E-state index in [2.05, 4.69) is 78.8 Å². The number of nitrogens with zero attached hydrogens (tertiary/aromatic N) is 2. The summed E-state index contributed by atoms with van der Waals surface area (Å²) in [6, 6.07) is 11.1. The number of hydrogen-bond donors (Lipinski definition) is 0. The van der Waals surface area contributed by atoms with E-state index in [4.69, 9.17) is 0 Å². The average molecular weight is 324 g/mol. The Hall–Kier alpha value is -1.10. The van der Waals surface area contributed by atoms with Crippen LogP contribution < -0.4 is 5.19 Å². The van der Waals surface area contributed by atoms with Gasteiger partial charge in [-0.25, -0.2) is 0 Å². The number of rotatable bonds is 3. The minimum absolute atomic E-state index is 0.480. The van der Waals surface area contributed by atoms with Crippen LogP contribution in [0.5, 0.6) is 0 Å². The second kappa shape index (κ2) is 6.80. The van der Waals surface area contributed by atoms with Crippen molar-refractivity contribution in [3.8, 4) is 0 Å². The highest BCUT2D eigenvalue weighted by Crippen LogP contribution is 2.32. The van der Waals surface area contributed by atoms with Gasteiger partial charge in [0.1, 0.15) is 8.07 Å². The molecule has 4 heteroatoms. The molecule has 1 heterocycles. The smallest absolute Gasteiger partial charge is 0.326 e. The molecule has 0 bridgehead atoms. The van der Waals surface area contributed by atoms with Crippen molar-refractivity contribution in [2.24, 2.45) is 0 Å². The Kier molecular flexibility index (Phi) is 4.95. The van der Waals surface area contributed by atoms with Crippen LogP contribution in [0.15, 0.2) is 53.2 Å². The van der Waals surface area contributed by atoms with E-state index in [-0.39, 0.29) is 0 Å². The van der Waals surface area contributed by atoms with Crippen LogP contribution in [0.3, 0.4) is 0 Å². The quantitative estimate of drug-likeness (QED) is 0.789. The molecule has 0 N–H and O–H groups in total. The molecule has 0 amide bonds. The summed E-state index contributed by atoms with van der Waals surface area (Å²) in [5.74, 6) is 2.53. The first-order valence-electron chi connectivity index (χ1n) is 8.86. The van der Waals surface area contributed by atoms with Crippen molar-refractivity contribution in [1.82, 2.24) is 9.62 Å². The number of benzene rings is 1. The molecule has 1 aromatic carbocycles. The van der Waals surface area contributed by atoms with Crippen LogP contribution in [0.25, 0.3) is 0 Å². The van der Waals surface area contributed by atoms with Crippen LogP contribution in [0.4, 0.5) is 0 Å². The summed E-state index contributed by atoms with van der Waals surface area (Å²) in [4.78, 5) is 4.92. The molecule has 1 saturated heterocycles. The lowest BCUT2D eigenvalue weighted by Gasteiger charge is -2.21. The third-order valence-corrected chi connectivity index (χ3v) is 8.31. The predicted octanol–water partition coefficient (Wildman–Crippen LogP) is 3.08. The van der Waals surface area contributed by atoms with Crippen molar-refractivity contribution in [2.75, 3.05) is 27.2 Å². The first-order chi connectivity index (χ1) is 11.0. The van der Waals surface area contributed by atoms with Crippen LogP contribution in [-0.2, 0) is 0 Å². The van der Waals surface area contributed by atoms with Gasteiger partial charge in [0.15, 0.2) is 0 Å². The van der Waals surface area contributed by atoms with Gasteiger partial charge in [-0.3, -0.25) is 0 Å². The summed E-state index contributed by atoms with van der Waals surface area (Å²) in [6.45, 7) is 7.77. The third-order valence-electron chi connectivity index (χ3n) is 5.42. The minimum atomic E-state index is -1.51. The normalized spacial score (nSPS) is 24.3. The maximum Gasteiger partial charge on any atom is 0.338 e.